The summed E-state index contributed by atoms with van der Waals surface area (Å²) < 4.78 is 12.8. The first-order valence-electron chi connectivity index (χ1n) is 11.7. The average molecular weight is 473 g/mol. The average Bonchev–Trinajstić information content (AvgIpc) is 2.70. The lowest BCUT2D eigenvalue weighted by Gasteiger charge is -2.59. The monoisotopic (exact) mass is 472 g/mol. The van der Waals surface area contributed by atoms with E-state index in [0.717, 1.165) is 66.8 Å². The summed E-state index contributed by atoms with van der Waals surface area (Å²) >= 11 is 6.03. The molecule has 32 heavy (non-hydrogen) atoms. The molecule has 0 bridgehead atoms. The maximum absolute atomic E-state index is 12.8. The normalized spacial score (nSPS) is 25.4. The van der Waals surface area contributed by atoms with Crippen molar-refractivity contribution in [1.82, 2.24) is 9.97 Å². The number of nitrogens with zero attached hydrogens (tertiary/aromatic N) is 3. The van der Waals surface area contributed by atoms with E-state index in [0.29, 0.717) is 22.9 Å². The van der Waals surface area contributed by atoms with Crippen LogP contribution in [0.15, 0.2) is 29.2 Å². The lowest BCUT2D eigenvalue weighted by molar-refractivity contribution is 0.0619. The van der Waals surface area contributed by atoms with Crippen molar-refractivity contribution in [1.29, 1.82) is 0 Å². The van der Waals surface area contributed by atoms with Crippen LogP contribution in [0.2, 0.25) is 5.02 Å². The third kappa shape index (κ3) is 3.44. The zero-order valence-corrected chi connectivity index (χ0v) is 19.7. The first kappa shape index (κ1) is 20.9. The van der Waals surface area contributed by atoms with Gasteiger partial charge in [-0.3, -0.25) is 4.21 Å². The SMILES string of the molecule is O=[S@@]1CCCc2nc(N3CC4(CC(c5ccc(Cl)cc5)C4)C3)nc(NC3(CO)CCC3)c21. The molecule has 0 unspecified atom stereocenters. The van der Waals surface area contributed by atoms with E-state index in [1.54, 1.807) is 0 Å². The number of rotatable bonds is 5. The molecule has 1 saturated heterocycles. The summed E-state index contributed by atoms with van der Waals surface area (Å²) in [5.41, 5.74) is 2.34. The van der Waals surface area contributed by atoms with Gasteiger partial charge in [-0.15, -0.1) is 0 Å². The highest BCUT2D eigenvalue weighted by Gasteiger charge is 2.53. The number of aromatic nitrogens is 2. The lowest BCUT2D eigenvalue weighted by atomic mass is 9.56. The van der Waals surface area contributed by atoms with E-state index in [2.05, 4.69) is 22.3 Å². The van der Waals surface area contributed by atoms with Crippen LogP contribution in [0.1, 0.15) is 55.7 Å². The molecular formula is C24H29ClN4O2S. The maximum Gasteiger partial charge on any atom is 0.227 e. The molecule has 2 N–H and O–H groups in total. The van der Waals surface area contributed by atoms with Gasteiger partial charge < -0.3 is 15.3 Å². The van der Waals surface area contributed by atoms with Crippen molar-refractivity contribution in [3.63, 3.8) is 0 Å². The van der Waals surface area contributed by atoms with Crippen molar-refractivity contribution in [3.05, 3.63) is 40.5 Å². The second kappa shape index (κ2) is 7.67. The second-order valence-corrected chi connectivity index (χ2v) is 12.2. The van der Waals surface area contributed by atoms with Gasteiger partial charge in [0.25, 0.3) is 0 Å². The fraction of sp³-hybridized carbons (Fsp3) is 0.583. The first-order valence-corrected chi connectivity index (χ1v) is 13.4. The van der Waals surface area contributed by atoms with Crippen molar-refractivity contribution in [2.75, 3.05) is 35.7 Å². The van der Waals surface area contributed by atoms with Crippen molar-refractivity contribution in [2.45, 2.75) is 61.3 Å². The quantitative estimate of drug-likeness (QED) is 0.687. The number of aliphatic hydroxyl groups excluding tert-OH is 1. The van der Waals surface area contributed by atoms with Crippen LogP contribution in [0.25, 0.3) is 0 Å². The molecule has 3 heterocycles. The first-order chi connectivity index (χ1) is 15.5. The molecule has 0 amide bonds. The van der Waals surface area contributed by atoms with Crippen LogP contribution in [0, 0.1) is 5.41 Å². The molecule has 6 nitrogen and oxygen atoms in total. The van der Waals surface area contributed by atoms with Gasteiger partial charge in [0, 0.05) is 29.3 Å². The Balaban J connectivity index is 1.20. The minimum atomic E-state index is -1.08. The van der Waals surface area contributed by atoms with Crippen LogP contribution in [-0.2, 0) is 17.2 Å². The van der Waals surface area contributed by atoms with E-state index < -0.39 is 10.8 Å². The molecule has 2 aliphatic heterocycles. The molecule has 3 fully saturated rings. The molecule has 0 radical (unpaired) electrons. The number of hydrogen-bond donors (Lipinski definition) is 2. The van der Waals surface area contributed by atoms with Crippen LogP contribution in [0.4, 0.5) is 11.8 Å². The molecule has 8 heteroatoms. The van der Waals surface area contributed by atoms with Gasteiger partial charge in [-0.1, -0.05) is 23.7 Å². The van der Waals surface area contributed by atoms with Gasteiger partial charge in [0.2, 0.25) is 5.95 Å². The van der Waals surface area contributed by atoms with E-state index in [1.165, 1.54) is 18.4 Å². The van der Waals surface area contributed by atoms with E-state index in [-0.39, 0.29) is 12.1 Å². The van der Waals surface area contributed by atoms with E-state index >= 15 is 0 Å². The fourth-order valence-corrected chi connectivity index (χ4v) is 7.35. The van der Waals surface area contributed by atoms with Crippen molar-refractivity contribution < 1.29 is 9.32 Å². The molecule has 1 aromatic heterocycles. The van der Waals surface area contributed by atoms with Gasteiger partial charge in [-0.25, -0.2) is 4.98 Å². The summed E-state index contributed by atoms with van der Waals surface area (Å²) in [5.74, 6) is 2.71. The van der Waals surface area contributed by atoms with Crippen molar-refractivity contribution >= 4 is 34.2 Å². The third-order valence-corrected chi connectivity index (χ3v) is 9.72. The number of anilines is 2. The van der Waals surface area contributed by atoms with Gasteiger partial charge in [0.05, 0.1) is 28.6 Å². The molecule has 1 aromatic carbocycles. The number of nitrogens with one attached hydrogen (secondary N) is 1. The highest BCUT2D eigenvalue weighted by Crippen LogP contribution is 2.56. The number of hydrogen-bond acceptors (Lipinski definition) is 6. The van der Waals surface area contributed by atoms with Gasteiger partial charge in [-0.2, -0.15) is 4.98 Å². The maximum atomic E-state index is 12.8. The summed E-state index contributed by atoms with van der Waals surface area (Å²) in [6, 6.07) is 8.27. The summed E-state index contributed by atoms with van der Waals surface area (Å²) in [6.07, 6.45) is 7.06. The van der Waals surface area contributed by atoms with E-state index in [9.17, 15) is 9.32 Å². The van der Waals surface area contributed by atoms with E-state index in [4.69, 9.17) is 21.6 Å². The standard InChI is InChI=1S/C24H29ClN4O2S/c25-18-6-4-16(5-7-18)17-11-23(12-17)13-29(14-23)22-26-19-3-1-10-32(31)20(19)21(27-22)28-24(15-30)8-2-9-24/h4-7,17,30H,1-3,8-15H2,(H,26,27,28)/t32-/m1/s1. The predicted molar refractivity (Wildman–Crippen MR) is 127 cm³/mol. The molecule has 1 atom stereocenters. The summed E-state index contributed by atoms with van der Waals surface area (Å²) in [6.45, 7) is 2.03. The van der Waals surface area contributed by atoms with Gasteiger partial charge in [0.15, 0.2) is 0 Å². The zero-order chi connectivity index (χ0) is 21.9. The molecule has 6 rings (SSSR count). The summed E-state index contributed by atoms with van der Waals surface area (Å²) in [4.78, 5) is 12.8. The second-order valence-electron chi connectivity index (χ2n) is 10.2. The van der Waals surface area contributed by atoms with Crippen LogP contribution in [0.5, 0.6) is 0 Å². The lowest BCUT2D eigenvalue weighted by Crippen LogP contribution is -2.62. The van der Waals surface area contributed by atoms with Crippen LogP contribution in [-0.4, -0.2) is 50.3 Å². The summed E-state index contributed by atoms with van der Waals surface area (Å²) in [5, 5.41) is 14.2. The topological polar surface area (TPSA) is 78.4 Å². The Bertz CT molecular complexity index is 1050. The highest BCUT2D eigenvalue weighted by atomic mass is 35.5. The Morgan fingerprint density at radius 2 is 1.91 bits per heavy atom. The molecule has 1 spiro atoms. The molecule has 4 aliphatic rings. The zero-order valence-electron chi connectivity index (χ0n) is 18.1. The largest absolute Gasteiger partial charge is 0.394 e. The van der Waals surface area contributed by atoms with Crippen molar-refractivity contribution in [2.24, 2.45) is 5.41 Å². The van der Waals surface area contributed by atoms with Crippen LogP contribution in [0.3, 0.4) is 0 Å². The van der Waals surface area contributed by atoms with Gasteiger partial charge in [0.1, 0.15) is 10.7 Å². The minimum absolute atomic E-state index is 0.0760. The predicted octanol–water partition coefficient (Wildman–Crippen LogP) is 3.89. The number of aryl methyl sites for hydroxylation is 1. The van der Waals surface area contributed by atoms with Gasteiger partial charge >= 0.3 is 0 Å². The highest BCUT2D eigenvalue weighted by molar-refractivity contribution is 7.85. The number of halogens is 1. The summed E-state index contributed by atoms with van der Waals surface area (Å²) in [7, 11) is -1.08. The van der Waals surface area contributed by atoms with Gasteiger partial charge in [-0.05, 0) is 68.6 Å². The Morgan fingerprint density at radius 3 is 2.56 bits per heavy atom. The molecular weight excluding hydrogens is 444 g/mol. The minimum Gasteiger partial charge on any atom is -0.394 e. The van der Waals surface area contributed by atoms with Crippen LogP contribution < -0.4 is 10.2 Å². The molecule has 2 aliphatic carbocycles. The van der Waals surface area contributed by atoms with Crippen molar-refractivity contribution in [3.8, 4) is 0 Å². The number of aliphatic hydroxyl groups is 1. The Hall–Kier alpha value is -1.70. The molecule has 170 valence electrons. The van der Waals surface area contributed by atoms with Crippen LogP contribution >= 0.6 is 11.6 Å². The molecule has 2 aromatic rings. The molecule has 2 saturated carbocycles. The Labute approximate surface area is 196 Å². The fourth-order valence-electron chi connectivity index (χ4n) is 5.89. The smallest absolute Gasteiger partial charge is 0.227 e. The Morgan fingerprint density at radius 1 is 1.16 bits per heavy atom. The Kier molecular flexibility index (Phi) is 5.01. The number of fused-ring (bicyclic) bond motifs is 1. The van der Waals surface area contributed by atoms with E-state index in [1.807, 2.05) is 12.1 Å². The third-order valence-electron chi connectivity index (χ3n) is 7.93. The number of benzene rings is 1.